The minimum absolute atomic E-state index is 0.0889. The average Bonchev–Trinajstić information content (AvgIpc) is 3.17. The number of rotatable bonds is 8. The summed E-state index contributed by atoms with van der Waals surface area (Å²) in [6.07, 6.45) is 1.70. The van der Waals surface area contributed by atoms with Crippen LogP contribution in [-0.4, -0.2) is 37.9 Å². The van der Waals surface area contributed by atoms with Crippen molar-refractivity contribution in [1.82, 2.24) is 0 Å². The van der Waals surface area contributed by atoms with Crippen LogP contribution in [0.3, 0.4) is 0 Å². The van der Waals surface area contributed by atoms with Crippen LogP contribution in [0.15, 0.2) is 42.5 Å². The van der Waals surface area contributed by atoms with E-state index in [0.717, 1.165) is 29.7 Å². The molecule has 1 aliphatic rings. The first kappa shape index (κ1) is 21.6. The fraction of sp³-hybridized carbons (Fsp3) is 0.375. The Labute approximate surface area is 176 Å². The number of hydrogen-bond acceptors (Lipinski definition) is 5. The number of hydrogen-bond donors (Lipinski definition) is 0. The van der Waals surface area contributed by atoms with Crippen molar-refractivity contribution in [2.75, 3.05) is 25.2 Å². The minimum Gasteiger partial charge on any atom is -0.497 e. The second kappa shape index (κ2) is 9.57. The molecule has 0 radical (unpaired) electrons. The van der Waals surface area contributed by atoms with Gasteiger partial charge in [-0.2, -0.15) is 0 Å². The van der Waals surface area contributed by atoms with E-state index in [1.54, 1.807) is 36.3 Å². The van der Waals surface area contributed by atoms with Crippen LogP contribution >= 0.6 is 0 Å². The zero-order valence-electron chi connectivity index (χ0n) is 17.6. The summed E-state index contributed by atoms with van der Waals surface area (Å²) < 4.78 is 10.3. The van der Waals surface area contributed by atoms with Crippen LogP contribution in [0.4, 0.5) is 5.69 Å². The molecule has 158 valence electrons. The second-order valence-corrected chi connectivity index (χ2v) is 7.30. The standard InChI is InChI=1S/C24H27NO5/c1-4-16-7-6-8-17(5-2)23(16)25-14-19(13-22(25)27)24(28)30-15-21(26)18-9-11-20(29-3)12-10-18/h6-12,19H,4-5,13-15H2,1-3H3/t19-/m1/s1. The maximum Gasteiger partial charge on any atom is 0.311 e. The van der Waals surface area contributed by atoms with Crippen molar-refractivity contribution in [2.45, 2.75) is 33.1 Å². The van der Waals surface area contributed by atoms with Gasteiger partial charge in [-0.05, 0) is 48.2 Å². The lowest BCUT2D eigenvalue weighted by atomic mass is 10.0. The van der Waals surface area contributed by atoms with Crippen LogP contribution in [0, 0.1) is 5.92 Å². The van der Waals surface area contributed by atoms with Gasteiger partial charge in [-0.15, -0.1) is 0 Å². The number of ketones is 1. The molecule has 2 aromatic carbocycles. The van der Waals surface area contributed by atoms with E-state index in [1.165, 1.54) is 0 Å². The van der Waals surface area contributed by atoms with Gasteiger partial charge in [0.05, 0.1) is 13.0 Å². The Hall–Kier alpha value is -3.15. The number of ether oxygens (including phenoxy) is 2. The van der Waals surface area contributed by atoms with Crippen LogP contribution in [0.1, 0.15) is 41.8 Å². The molecular weight excluding hydrogens is 382 g/mol. The van der Waals surface area contributed by atoms with Gasteiger partial charge in [-0.1, -0.05) is 32.0 Å². The molecule has 1 amide bonds. The summed E-state index contributed by atoms with van der Waals surface area (Å²) in [5.74, 6) is -0.826. The summed E-state index contributed by atoms with van der Waals surface area (Å²) in [6, 6.07) is 12.6. The van der Waals surface area contributed by atoms with E-state index < -0.39 is 11.9 Å². The molecule has 6 heteroatoms. The second-order valence-electron chi connectivity index (χ2n) is 7.30. The molecular formula is C24H27NO5. The molecule has 3 rings (SSSR count). The summed E-state index contributed by atoms with van der Waals surface area (Å²) in [7, 11) is 1.55. The van der Waals surface area contributed by atoms with Gasteiger partial charge in [0.25, 0.3) is 0 Å². The Morgan fingerprint density at radius 1 is 1.03 bits per heavy atom. The Bertz CT molecular complexity index is 913. The summed E-state index contributed by atoms with van der Waals surface area (Å²) in [5.41, 5.74) is 3.53. The third-order valence-electron chi connectivity index (χ3n) is 5.45. The highest BCUT2D eigenvalue weighted by atomic mass is 16.5. The maximum atomic E-state index is 12.7. The summed E-state index contributed by atoms with van der Waals surface area (Å²) >= 11 is 0. The molecule has 30 heavy (non-hydrogen) atoms. The first-order chi connectivity index (χ1) is 14.5. The number of aryl methyl sites for hydroxylation is 2. The van der Waals surface area contributed by atoms with E-state index in [2.05, 4.69) is 13.8 Å². The number of anilines is 1. The van der Waals surface area contributed by atoms with E-state index in [1.807, 2.05) is 18.2 Å². The van der Waals surface area contributed by atoms with Gasteiger partial charge < -0.3 is 14.4 Å². The number of methoxy groups -OCH3 is 1. The van der Waals surface area contributed by atoms with Crippen molar-refractivity contribution < 1.29 is 23.9 Å². The van der Waals surface area contributed by atoms with Gasteiger partial charge in [0.1, 0.15) is 5.75 Å². The van der Waals surface area contributed by atoms with Crippen molar-refractivity contribution >= 4 is 23.3 Å². The predicted molar refractivity (Wildman–Crippen MR) is 114 cm³/mol. The van der Waals surface area contributed by atoms with E-state index >= 15 is 0 Å². The number of para-hydroxylation sites is 1. The molecule has 6 nitrogen and oxygen atoms in total. The smallest absolute Gasteiger partial charge is 0.311 e. The maximum absolute atomic E-state index is 12.7. The monoisotopic (exact) mass is 409 g/mol. The molecule has 0 bridgehead atoms. The van der Waals surface area contributed by atoms with Gasteiger partial charge in [-0.3, -0.25) is 14.4 Å². The minimum atomic E-state index is -0.573. The summed E-state index contributed by atoms with van der Waals surface area (Å²) in [6.45, 7) is 4.03. The highest BCUT2D eigenvalue weighted by molar-refractivity contribution is 6.01. The number of esters is 1. The Balaban J connectivity index is 1.65. The lowest BCUT2D eigenvalue weighted by Crippen LogP contribution is -2.29. The van der Waals surface area contributed by atoms with E-state index in [4.69, 9.17) is 9.47 Å². The Morgan fingerprint density at radius 2 is 1.67 bits per heavy atom. The molecule has 1 heterocycles. The zero-order valence-corrected chi connectivity index (χ0v) is 17.6. The zero-order chi connectivity index (χ0) is 21.7. The SMILES string of the molecule is CCc1cccc(CC)c1N1C[C@H](C(=O)OCC(=O)c2ccc(OC)cc2)CC1=O. The molecule has 2 aromatic rings. The fourth-order valence-corrected chi connectivity index (χ4v) is 3.76. The Kier molecular flexibility index (Phi) is 6.87. The van der Waals surface area contributed by atoms with Crippen LogP contribution in [0.2, 0.25) is 0 Å². The third-order valence-corrected chi connectivity index (χ3v) is 5.45. The highest BCUT2D eigenvalue weighted by Gasteiger charge is 2.37. The molecule has 1 atom stereocenters. The Morgan fingerprint density at radius 3 is 2.23 bits per heavy atom. The predicted octanol–water partition coefficient (Wildman–Crippen LogP) is 3.60. The van der Waals surface area contributed by atoms with Crippen LogP contribution in [0.5, 0.6) is 5.75 Å². The number of amides is 1. The van der Waals surface area contributed by atoms with Gasteiger partial charge in [-0.25, -0.2) is 0 Å². The third kappa shape index (κ3) is 4.53. The number of benzene rings is 2. The quantitative estimate of drug-likeness (QED) is 0.492. The fourth-order valence-electron chi connectivity index (χ4n) is 3.76. The number of carbonyl (C=O) groups excluding carboxylic acids is 3. The van der Waals surface area contributed by atoms with Crippen molar-refractivity contribution in [3.8, 4) is 5.75 Å². The van der Waals surface area contributed by atoms with Gasteiger partial charge in [0.2, 0.25) is 5.91 Å². The van der Waals surface area contributed by atoms with Crippen molar-refractivity contribution in [1.29, 1.82) is 0 Å². The lowest BCUT2D eigenvalue weighted by molar-refractivity contribution is -0.147. The normalized spacial score (nSPS) is 15.9. The molecule has 0 N–H and O–H groups in total. The lowest BCUT2D eigenvalue weighted by Gasteiger charge is -2.23. The number of nitrogens with zero attached hydrogens (tertiary/aromatic N) is 1. The molecule has 0 aliphatic carbocycles. The van der Waals surface area contributed by atoms with Gasteiger partial charge >= 0.3 is 5.97 Å². The molecule has 0 spiro atoms. The van der Waals surface area contributed by atoms with Gasteiger partial charge in [0.15, 0.2) is 12.4 Å². The van der Waals surface area contributed by atoms with Crippen molar-refractivity contribution in [3.63, 3.8) is 0 Å². The summed E-state index contributed by atoms with van der Waals surface area (Å²) in [5, 5.41) is 0. The first-order valence-electron chi connectivity index (χ1n) is 10.2. The topological polar surface area (TPSA) is 72.9 Å². The number of carbonyl (C=O) groups is 3. The van der Waals surface area contributed by atoms with Crippen molar-refractivity contribution in [2.24, 2.45) is 5.92 Å². The molecule has 1 saturated heterocycles. The van der Waals surface area contributed by atoms with Gasteiger partial charge in [0, 0.05) is 24.2 Å². The van der Waals surface area contributed by atoms with E-state index in [0.29, 0.717) is 11.3 Å². The largest absolute Gasteiger partial charge is 0.497 e. The summed E-state index contributed by atoms with van der Waals surface area (Å²) in [4.78, 5) is 39.2. The molecule has 1 fully saturated rings. The molecule has 0 aromatic heterocycles. The molecule has 1 aliphatic heterocycles. The van der Waals surface area contributed by atoms with Crippen LogP contribution < -0.4 is 9.64 Å². The average molecular weight is 409 g/mol. The first-order valence-corrected chi connectivity index (χ1v) is 10.2. The van der Waals surface area contributed by atoms with E-state index in [-0.39, 0.29) is 31.3 Å². The van der Waals surface area contributed by atoms with Crippen molar-refractivity contribution in [3.05, 3.63) is 59.2 Å². The highest BCUT2D eigenvalue weighted by Crippen LogP contribution is 2.32. The molecule has 0 saturated carbocycles. The molecule has 0 unspecified atom stereocenters. The van der Waals surface area contributed by atoms with Crippen LogP contribution in [0.25, 0.3) is 0 Å². The van der Waals surface area contributed by atoms with E-state index in [9.17, 15) is 14.4 Å². The van der Waals surface area contributed by atoms with Crippen LogP contribution in [-0.2, 0) is 27.2 Å². The number of Topliss-reactive ketones (excluding diaryl/α,β-unsaturated/α-hetero) is 1.